The minimum Gasteiger partial charge on any atom is -0.305 e. The minimum absolute atomic E-state index is 0.121. The van der Waals surface area contributed by atoms with Gasteiger partial charge < -0.3 is 4.90 Å². The zero-order valence-electron chi connectivity index (χ0n) is 21.2. The van der Waals surface area contributed by atoms with Crippen molar-refractivity contribution in [3.8, 4) is 0 Å². The van der Waals surface area contributed by atoms with Crippen LogP contribution in [0.15, 0.2) is 79.4 Å². The second-order valence-electron chi connectivity index (χ2n) is 9.73. The number of carbonyl (C=O) groups excluding carboxylic acids is 4. The van der Waals surface area contributed by atoms with Crippen LogP contribution in [0.1, 0.15) is 48.4 Å². The first-order chi connectivity index (χ1) is 17.8. The Balaban J connectivity index is 1.49. The SMILES string of the molecule is C=CCN1C(=O)NC(=O)C12Cc1ccc(C(=C)C(=O)CC=C(CC(=O)CC)Cc3ccccc3)cc1C2. The molecule has 0 radical (unpaired) electrons. The lowest BCUT2D eigenvalue weighted by Gasteiger charge is -2.30. The number of carbonyl (C=O) groups is 4. The van der Waals surface area contributed by atoms with Gasteiger partial charge in [-0.3, -0.25) is 19.7 Å². The molecule has 190 valence electrons. The van der Waals surface area contributed by atoms with E-state index < -0.39 is 11.6 Å². The van der Waals surface area contributed by atoms with Crippen LogP contribution in [-0.4, -0.2) is 40.5 Å². The molecule has 1 N–H and O–H groups in total. The van der Waals surface area contributed by atoms with Crippen molar-refractivity contribution in [2.45, 2.75) is 51.0 Å². The summed E-state index contributed by atoms with van der Waals surface area (Å²) in [7, 11) is 0. The largest absolute Gasteiger partial charge is 0.325 e. The van der Waals surface area contributed by atoms with Gasteiger partial charge in [-0.25, -0.2) is 4.79 Å². The molecular weight excluding hydrogens is 464 g/mol. The number of hydrogen-bond donors (Lipinski definition) is 1. The molecule has 1 aliphatic carbocycles. The van der Waals surface area contributed by atoms with Crippen molar-refractivity contribution in [1.29, 1.82) is 0 Å². The predicted molar refractivity (Wildman–Crippen MR) is 144 cm³/mol. The number of hydrogen-bond acceptors (Lipinski definition) is 4. The standard InChI is InChI=1S/C31H32N2O4/c1-4-15-33-30(37)32-29(36)31(33)19-25-13-12-24(18-26(25)20-31)21(3)28(35)14-11-23(17-27(34)5-2)16-22-9-7-6-8-10-22/h4,6-13,18H,1,3,5,14-17,19-20H2,2H3,(H,32,36,37). The third-order valence-electron chi connectivity index (χ3n) is 7.24. The molecule has 3 amide bonds. The summed E-state index contributed by atoms with van der Waals surface area (Å²) < 4.78 is 0. The zero-order valence-corrected chi connectivity index (χ0v) is 21.2. The number of nitrogens with zero attached hydrogens (tertiary/aromatic N) is 1. The van der Waals surface area contributed by atoms with Crippen LogP contribution in [-0.2, 0) is 33.6 Å². The highest BCUT2D eigenvalue weighted by atomic mass is 16.2. The summed E-state index contributed by atoms with van der Waals surface area (Å²) in [6.45, 7) is 9.88. The van der Waals surface area contributed by atoms with Crippen molar-refractivity contribution in [1.82, 2.24) is 10.2 Å². The highest BCUT2D eigenvalue weighted by Gasteiger charge is 2.55. The molecule has 2 aliphatic rings. The summed E-state index contributed by atoms with van der Waals surface area (Å²) in [4.78, 5) is 51.9. The molecule has 1 aliphatic heterocycles. The van der Waals surface area contributed by atoms with Crippen LogP contribution in [0.25, 0.3) is 5.57 Å². The molecule has 1 spiro atoms. The topological polar surface area (TPSA) is 83.6 Å². The van der Waals surface area contributed by atoms with Gasteiger partial charge in [-0.05, 0) is 28.7 Å². The number of ketones is 2. The first-order valence-corrected chi connectivity index (χ1v) is 12.6. The molecule has 0 bridgehead atoms. The highest BCUT2D eigenvalue weighted by molar-refractivity contribution is 6.20. The molecule has 37 heavy (non-hydrogen) atoms. The van der Waals surface area contributed by atoms with Gasteiger partial charge in [0.15, 0.2) is 5.78 Å². The van der Waals surface area contributed by atoms with E-state index in [0.29, 0.717) is 43.2 Å². The van der Waals surface area contributed by atoms with E-state index in [4.69, 9.17) is 0 Å². The summed E-state index contributed by atoms with van der Waals surface area (Å²) in [6.07, 6.45) is 5.83. The summed E-state index contributed by atoms with van der Waals surface area (Å²) in [6, 6.07) is 15.1. The second-order valence-corrected chi connectivity index (χ2v) is 9.73. The predicted octanol–water partition coefficient (Wildman–Crippen LogP) is 4.77. The van der Waals surface area contributed by atoms with Gasteiger partial charge in [-0.2, -0.15) is 0 Å². The molecule has 4 rings (SSSR count). The third-order valence-corrected chi connectivity index (χ3v) is 7.24. The molecule has 1 atom stereocenters. The Hall–Kier alpha value is -4.06. The van der Waals surface area contributed by atoms with Crippen LogP contribution in [0, 0.1) is 0 Å². The van der Waals surface area contributed by atoms with E-state index in [1.807, 2.05) is 61.5 Å². The summed E-state index contributed by atoms with van der Waals surface area (Å²) in [5, 5.41) is 2.44. The number of imide groups is 1. The maximum atomic E-state index is 13.1. The normalized spacial score (nSPS) is 18.6. The van der Waals surface area contributed by atoms with Crippen molar-refractivity contribution in [2.75, 3.05) is 6.54 Å². The van der Waals surface area contributed by atoms with E-state index >= 15 is 0 Å². The van der Waals surface area contributed by atoms with Gasteiger partial charge in [0.2, 0.25) is 0 Å². The fraction of sp³-hybridized carbons (Fsp3) is 0.290. The first kappa shape index (κ1) is 26.0. The van der Waals surface area contributed by atoms with Gasteiger partial charge in [0.05, 0.1) is 0 Å². The van der Waals surface area contributed by atoms with E-state index in [-0.39, 0.29) is 30.4 Å². The van der Waals surface area contributed by atoms with Gasteiger partial charge in [0, 0.05) is 44.2 Å². The molecule has 1 saturated heterocycles. The Kier molecular flexibility index (Phi) is 7.67. The quantitative estimate of drug-likeness (QED) is 0.276. The van der Waals surface area contributed by atoms with Crippen molar-refractivity contribution in [3.05, 3.63) is 102 Å². The van der Waals surface area contributed by atoms with Crippen LogP contribution in [0.4, 0.5) is 4.79 Å². The van der Waals surface area contributed by atoms with E-state index in [1.54, 1.807) is 11.0 Å². The molecule has 6 nitrogen and oxygen atoms in total. The van der Waals surface area contributed by atoms with Crippen molar-refractivity contribution in [2.24, 2.45) is 0 Å². The Morgan fingerprint density at radius 1 is 1.08 bits per heavy atom. The average Bonchev–Trinajstić information content (AvgIpc) is 3.39. The van der Waals surface area contributed by atoms with Crippen LogP contribution in [0.3, 0.4) is 0 Å². The van der Waals surface area contributed by atoms with Gasteiger partial charge in [0.1, 0.15) is 11.3 Å². The first-order valence-electron chi connectivity index (χ1n) is 12.6. The van der Waals surface area contributed by atoms with Gasteiger partial charge in [0.25, 0.3) is 5.91 Å². The van der Waals surface area contributed by atoms with Crippen molar-refractivity contribution < 1.29 is 19.2 Å². The highest BCUT2D eigenvalue weighted by Crippen LogP contribution is 2.39. The van der Waals surface area contributed by atoms with E-state index in [2.05, 4.69) is 18.5 Å². The van der Waals surface area contributed by atoms with E-state index in [0.717, 1.165) is 22.3 Å². The summed E-state index contributed by atoms with van der Waals surface area (Å²) in [5.74, 6) is -0.283. The molecule has 2 aromatic rings. The maximum Gasteiger partial charge on any atom is 0.325 e. The van der Waals surface area contributed by atoms with E-state index in [1.165, 1.54) is 0 Å². The van der Waals surface area contributed by atoms with Crippen molar-refractivity contribution in [3.63, 3.8) is 0 Å². The van der Waals surface area contributed by atoms with Crippen LogP contribution >= 0.6 is 0 Å². The fourth-order valence-electron chi connectivity index (χ4n) is 5.14. The summed E-state index contributed by atoms with van der Waals surface area (Å²) in [5.41, 5.74) is 4.05. The number of benzene rings is 2. The number of Topliss-reactive ketones (excluding diaryl/α,β-unsaturated/α-hetero) is 2. The number of allylic oxidation sites excluding steroid dienone is 3. The minimum atomic E-state index is -0.960. The lowest BCUT2D eigenvalue weighted by Crippen LogP contribution is -2.50. The molecule has 1 unspecified atom stereocenters. The monoisotopic (exact) mass is 496 g/mol. The summed E-state index contributed by atoms with van der Waals surface area (Å²) >= 11 is 0. The molecule has 0 aromatic heterocycles. The van der Waals surface area contributed by atoms with E-state index in [9.17, 15) is 19.2 Å². The molecule has 1 fully saturated rings. The van der Waals surface area contributed by atoms with Gasteiger partial charge in [-0.1, -0.05) is 79.8 Å². The Labute approximate surface area is 217 Å². The lowest BCUT2D eigenvalue weighted by atomic mass is 9.93. The Morgan fingerprint density at radius 3 is 2.51 bits per heavy atom. The average molecular weight is 497 g/mol. The number of fused-ring (bicyclic) bond motifs is 1. The molecular formula is C31H32N2O4. The zero-order chi connectivity index (χ0) is 26.6. The Morgan fingerprint density at radius 2 is 1.81 bits per heavy atom. The maximum absolute atomic E-state index is 13.1. The van der Waals surface area contributed by atoms with Crippen molar-refractivity contribution >= 4 is 29.1 Å². The molecule has 1 heterocycles. The Bertz CT molecular complexity index is 1310. The molecule has 0 saturated carbocycles. The van der Waals surface area contributed by atoms with Gasteiger partial charge >= 0.3 is 6.03 Å². The fourth-order valence-corrected chi connectivity index (χ4v) is 5.14. The lowest BCUT2D eigenvalue weighted by molar-refractivity contribution is -0.126. The van der Waals surface area contributed by atoms with Crippen LogP contribution in [0.2, 0.25) is 0 Å². The van der Waals surface area contributed by atoms with Crippen LogP contribution in [0.5, 0.6) is 0 Å². The third kappa shape index (κ3) is 5.38. The number of rotatable bonds is 11. The molecule has 2 aromatic carbocycles. The second kappa shape index (κ2) is 10.9. The van der Waals surface area contributed by atoms with Gasteiger partial charge in [-0.15, -0.1) is 6.58 Å². The van der Waals surface area contributed by atoms with Crippen LogP contribution < -0.4 is 5.32 Å². The number of nitrogens with one attached hydrogen (secondary N) is 1. The number of urea groups is 1. The smallest absolute Gasteiger partial charge is 0.305 e. The molecule has 6 heteroatoms. The number of amides is 3.